The highest BCUT2D eigenvalue weighted by Crippen LogP contribution is 2.15. The second-order valence-corrected chi connectivity index (χ2v) is 5.14. The smallest absolute Gasteiger partial charge is 0.367 e. The summed E-state index contributed by atoms with van der Waals surface area (Å²) in [5.41, 5.74) is 0. The van der Waals surface area contributed by atoms with Gasteiger partial charge in [-0.05, 0) is 19.8 Å². The lowest BCUT2D eigenvalue weighted by Gasteiger charge is -2.22. The van der Waals surface area contributed by atoms with Crippen molar-refractivity contribution in [2.24, 2.45) is 0 Å². The molecule has 1 amide bonds. The first kappa shape index (κ1) is 14.0. The van der Waals surface area contributed by atoms with Gasteiger partial charge in [0, 0.05) is 19.3 Å². The molecule has 1 aromatic rings. The molecular formula is C12H16N2O4S. The molecule has 1 aromatic heterocycles. The van der Waals surface area contributed by atoms with Crippen molar-refractivity contribution in [1.29, 1.82) is 0 Å². The van der Waals surface area contributed by atoms with E-state index in [0.29, 0.717) is 24.7 Å². The topological polar surface area (TPSA) is 77.5 Å². The molecule has 7 heteroatoms. The maximum Gasteiger partial charge on any atom is 0.367 e. The first-order valence-electron chi connectivity index (χ1n) is 6.22. The molecule has 0 unspecified atom stereocenters. The van der Waals surface area contributed by atoms with Crippen molar-refractivity contribution in [2.45, 2.75) is 25.8 Å². The molecule has 1 aliphatic rings. The van der Waals surface area contributed by atoms with Crippen molar-refractivity contribution < 1.29 is 19.1 Å². The van der Waals surface area contributed by atoms with Crippen LogP contribution in [0.5, 0.6) is 0 Å². The Hall–Kier alpha value is -1.47. The molecule has 1 fully saturated rings. The maximum atomic E-state index is 12.0. The van der Waals surface area contributed by atoms with E-state index in [2.05, 4.69) is 10.3 Å². The Labute approximate surface area is 115 Å². The third kappa shape index (κ3) is 3.74. The van der Waals surface area contributed by atoms with Crippen molar-refractivity contribution in [3.63, 3.8) is 0 Å². The van der Waals surface area contributed by atoms with Gasteiger partial charge in [-0.25, -0.2) is 9.78 Å². The lowest BCUT2D eigenvalue weighted by atomic mass is 10.1. The number of esters is 1. The Morgan fingerprint density at radius 1 is 1.53 bits per heavy atom. The molecule has 104 valence electrons. The van der Waals surface area contributed by atoms with Crippen molar-refractivity contribution in [1.82, 2.24) is 10.3 Å². The number of nitrogens with zero attached hydrogens (tertiary/aromatic N) is 1. The number of amides is 1. The molecule has 1 aliphatic heterocycles. The van der Waals surface area contributed by atoms with Gasteiger partial charge in [0.2, 0.25) is 5.01 Å². The Kier molecular flexibility index (Phi) is 4.86. The molecule has 19 heavy (non-hydrogen) atoms. The largest absolute Gasteiger partial charge is 0.461 e. The lowest BCUT2D eigenvalue weighted by Crippen LogP contribution is -2.38. The molecule has 0 aromatic carbocycles. The van der Waals surface area contributed by atoms with Crippen LogP contribution in [0.1, 0.15) is 39.2 Å². The van der Waals surface area contributed by atoms with Crippen LogP contribution < -0.4 is 5.32 Å². The second-order valence-electron chi connectivity index (χ2n) is 4.11. The molecule has 2 rings (SSSR count). The van der Waals surface area contributed by atoms with Crippen LogP contribution in [0.15, 0.2) is 6.20 Å². The van der Waals surface area contributed by atoms with Crippen molar-refractivity contribution in [3.8, 4) is 0 Å². The molecule has 1 saturated heterocycles. The van der Waals surface area contributed by atoms with Gasteiger partial charge < -0.3 is 14.8 Å². The first-order valence-corrected chi connectivity index (χ1v) is 7.04. The number of hydrogen-bond donors (Lipinski definition) is 1. The third-order valence-electron chi connectivity index (χ3n) is 2.74. The van der Waals surface area contributed by atoms with Crippen LogP contribution in [0.2, 0.25) is 0 Å². The van der Waals surface area contributed by atoms with E-state index in [9.17, 15) is 9.59 Å². The number of nitrogens with one attached hydrogen (secondary N) is 1. The zero-order chi connectivity index (χ0) is 13.7. The maximum absolute atomic E-state index is 12.0. The van der Waals surface area contributed by atoms with Gasteiger partial charge in [0.1, 0.15) is 4.88 Å². The van der Waals surface area contributed by atoms with E-state index in [1.165, 1.54) is 6.20 Å². The summed E-state index contributed by atoms with van der Waals surface area (Å²) in [7, 11) is 0. The van der Waals surface area contributed by atoms with E-state index in [-0.39, 0.29) is 17.0 Å². The van der Waals surface area contributed by atoms with Gasteiger partial charge in [-0.1, -0.05) is 0 Å². The Bertz CT molecular complexity index is 454. The average molecular weight is 284 g/mol. The normalized spacial score (nSPS) is 16.1. The number of carbonyl (C=O) groups is 2. The monoisotopic (exact) mass is 284 g/mol. The Morgan fingerprint density at radius 3 is 2.95 bits per heavy atom. The highest BCUT2D eigenvalue weighted by atomic mass is 32.1. The van der Waals surface area contributed by atoms with Crippen LogP contribution in [0.25, 0.3) is 0 Å². The number of thiazole rings is 1. The van der Waals surface area contributed by atoms with Gasteiger partial charge in [0.15, 0.2) is 0 Å². The van der Waals surface area contributed by atoms with Crippen LogP contribution >= 0.6 is 11.3 Å². The van der Waals surface area contributed by atoms with E-state index in [4.69, 9.17) is 9.47 Å². The fraction of sp³-hybridized carbons (Fsp3) is 0.583. The highest BCUT2D eigenvalue weighted by molar-refractivity contribution is 7.15. The fourth-order valence-electron chi connectivity index (χ4n) is 1.76. The van der Waals surface area contributed by atoms with E-state index < -0.39 is 5.97 Å². The predicted molar refractivity (Wildman–Crippen MR) is 69.4 cm³/mol. The standard InChI is InChI=1S/C12H16N2O4S/c1-2-18-12(16)11-13-7-9(19-11)10(15)14-8-3-5-17-6-4-8/h7-8H,2-6H2,1H3,(H,14,15). The van der Waals surface area contributed by atoms with E-state index >= 15 is 0 Å². The summed E-state index contributed by atoms with van der Waals surface area (Å²) >= 11 is 1.05. The van der Waals surface area contributed by atoms with Crippen LogP contribution in [0.4, 0.5) is 0 Å². The molecule has 0 bridgehead atoms. The molecule has 0 aliphatic carbocycles. The molecule has 0 atom stereocenters. The van der Waals surface area contributed by atoms with Crippen LogP contribution in [-0.2, 0) is 9.47 Å². The fourth-order valence-corrected chi connectivity index (χ4v) is 2.48. The number of carbonyl (C=O) groups excluding carboxylic acids is 2. The number of aromatic nitrogens is 1. The Morgan fingerprint density at radius 2 is 2.26 bits per heavy atom. The van der Waals surface area contributed by atoms with Crippen molar-refractivity contribution in [3.05, 3.63) is 16.1 Å². The molecule has 1 N–H and O–H groups in total. The molecular weight excluding hydrogens is 268 g/mol. The van der Waals surface area contributed by atoms with Crippen LogP contribution in [0, 0.1) is 0 Å². The number of rotatable bonds is 4. The predicted octanol–water partition coefficient (Wildman–Crippen LogP) is 1.23. The third-order valence-corrected chi connectivity index (χ3v) is 3.71. The lowest BCUT2D eigenvalue weighted by molar-refractivity contribution is 0.0525. The summed E-state index contributed by atoms with van der Waals surface area (Å²) < 4.78 is 10.1. The molecule has 2 heterocycles. The van der Waals surface area contributed by atoms with E-state index in [1.54, 1.807) is 6.92 Å². The van der Waals surface area contributed by atoms with Gasteiger partial charge in [-0.3, -0.25) is 4.79 Å². The second kappa shape index (κ2) is 6.63. The molecule has 0 radical (unpaired) electrons. The summed E-state index contributed by atoms with van der Waals surface area (Å²) in [5.74, 6) is -0.683. The first-order chi connectivity index (χ1) is 9.20. The number of ether oxygens (including phenoxy) is 2. The Balaban J connectivity index is 1.93. The average Bonchev–Trinajstić information content (AvgIpc) is 2.90. The van der Waals surface area contributed by atoms with Crippen molar-refractivity contribution in [2.75, 3.05) is 19.8 Å². The molecule has 6 nitrogen and oxygen atoms in total. The minimum absolute atomic E-state index is 0.134. The summed E-state index contributed by atoms with van der Waals surface area (Å²) in [6.07, 6.45) is 3.04. The minimum atomic E-state index is -0.488. The van der Waals surface area contributed by atoms with Gasteiger partial charge >= 0.3 is 5.97 Å². The van der Waals surface area contributed by atoms with Gasteiger partial charge in [-0.15, -0.1) is 11.3 Å². The summed E-state index contributed by atoms with van der Waals surface area (Å²) in [5, 5.41) is 3.13. The van der Waals surface area contributed by atoms with Crippen molar-refractivity contribution >= 4 is 23.2 Å². The van der Waals surface area contributed by atoms with Gasteiger partial charge in [0.25, 0.3) is 5.91 Å². The zero-order valence-electron chi connectivity index (χ0n) is 10.7. The van der Waals surface area contributed by atoms with Gasteiger partial charge in [-0.2, -0.15) is 0 Å². The SMILES string of the molecule is CCOC(=O)c1ncc(C(=O)NC2CCOCC2)s1. The molecule has 0 spiro atoms. The molecule has 0 saturated carbocycles. The summed E-state index contributed by atoms with van der Waals surface area (Å²) in [6, 6.07) is 0.134. The zero-order valence-corrected chi connectivity index (χ0v) is 11.5. The minimum Gasteiger partial charge on any atom is -0.461 e. The van der Waals surface area contributed by atoms with Crippen LogP contribution in [-0.4, -0.2) is 42.7 Å². The van der Waals surface area contributed by atoms with Gasteiger partial charge in [0.05, 0.1) is 12.8 Å². The number of hydrogen-bond acceptors (Lipinski definition) is 6. The summed E-state index contributed by atoms with van der Waals surface area (Å²) in [6.45, 7) is 3.36. The quantitative estimate of drug-likeness (QED) is 0.841. The van der Waals surface area contributed by atoms with E-state index in [0.717, 1.165) is 24.2 Å². The highest BCUT2D eigenvalue weighted by Gasteiger charge is 2.20. The summed E-state index contributed by atoms with van der Waals surface area (Å²) in [4.78, 5) is 27.8. The van der Waals surface area contributed by atoms with Crippen LogP contribution in [0.3, 0.4) is 0 Å². The van der Waals surface area contributed by atoms with E-state index in [1.807, 2.05) is 0 Å².